The number of ketones is 2. The van der Waals surface area contributed by atoms with Crippen LogP contribution in [0.25, 0.3) is 11.3 Å². The molecule has 0 spiro atoms. The highest BCUT2D eigenvalue weighted by Crippen LogP contribution is 2.33. The Morgan fingerprint density at radius 2 is 1.23 bits per heavy atom. The molecule has 0 aliphatic rings. The number of rotatable bonds is 5. The number of phenols is 2. The molecule has 0 saturated heterocycles. The Labute approximate surface area is 172 Å². The molecule has 0 unspecified atom stereocenters. The van der Waals surface area contributed by atoms with E-state index < -0.39 is 11.6 Å². The fraction of sp³-hybridized carbons (Fsp3) is 0.0400. The third kappa shape index (κ3) is 3.49. The third-order valence-corrected chi connectivity index (χ3v) is 4.81. The molecule has 0 amide bonds. The molecule has 5 heteroatoms. The normalized spacial score (nSPS) is 10.7. The van der Waals surface area contributed by atoms with Crippen molar-refractivity contribution in [2.24, 2.45) is 0 Å². The Morgan fingerprint density at radius 3 is 1.80 bits per heavy atom. The summed E-state index contributed by atoms with van der Waals surface area (Å²) in [7, 11) is 0. The predicted molar refractivity (Wildman–Crippen MR) is 112 cm³/mol. The first-order valence-electron chi connectivity index (χ1n) is 9.32. The molecule has 1 heterocycles. The zero-order valence-corrected chi connectivity index (χ0v) is 16.1. The van der Waals surface area contributed by atoms with E-state index in [1.807, 2.05) is 19.1 Å². The first-order chi connectivity index (χ1) is 14.5. The molecule has 0 saturated carbocycles. The number of benzene rings is 3. The maximum Gasteiger partial charge on any atom is 0.231 e. The Kier molecular flexibility index (Phi) is 4.94. The molecule has 5 nitrogen and oxygen atoms in total. The molecule has 4 rings (SSSR count). The summed E-state index contributed by atoms with van der Waals surface area (Å²) in [6, 6.07) is 21.0. The lowest BCUT2D eigenvalue weighted by molar-refractivity contribution is 0.100. The Bertz CT molecular complexity index is 1250. The summed E-state index contributed by atoms with van der Waals surface area (Å²) in [5.41, 5.74) is 1.98. The van der Waals surface area contributed by atoms with Crippen LogP contribution in [0.2, 0.25) is 0 Å². The van der Waals surface area contributed by atoms with Gasteiger partial charge in [0.2, 0.25) is 11.6 Å². The minimum atomic E-state index is -0.544. The van der Waals surface area contributed by atoms with Crippen molar-refractivity contribution in [3.8, 4) is 22.8 Å². The van der Waals surface area contributed by atoms with E-state index in [-0.39, 0.29) is 39.7 Å². The molecular formula is C25H18O5. The van der Waals surface area contributed by atoms with Crippen molar-refractivity contribution in [1.29, 1.82) is 0 Å². The standard InChI is InChI=1S/C25H18O5/c1-15-10-12-16(13-11-15)25-19(23(28)17-6-2-4-8-20(17)26)14-22(30-25)24(29)18-7-3-5-9-21(18)27/h2-14,26-27H,1H3. The minimum Gasteiger partial charge on any atom is -0.507 e. The van der Waals surface area contributed by atoms with Gasteiger partial charge in [-0.1, -0.05) is 54.1 Å². The summed E-state index contributed by atoms with van der Waals surface area (Å²) < 4.78 is 5.83. The highest BCUT2D eigenvalue weighted by molar-refractivity contribution is 6.16. The van der Waals surface area contributed by atoms with Crippen molar-refractivity contribution in [2.45, 2.75) is 6.92 Å². The second-order valence-corrected chi connectivity index (χ2v) is 6.91. The van der Waals surface area contributed by atoms with E-state index in [1.54, 1.807) is 36.4 Å². The average Bonchev–Trinajstić information content (AvgIpc) is 3.19. The summed E-state index contributed by atoms with van der Waals surface area (Å²) in [5, 5.41) is 20.1. The van der Waals surface area contributed by atoms with Crippen molar-refractivity contribution < 1.29 is 24.2 Å². The van der Waals surface area contributed by atoms with Gasteiger partial charge in [-0.3, -0.25) is 9.59 Å². The second kappa shape index (κ2) is 7.72. The molecule has 0 fully saturated rings. The van der Waals surface area contributed by atoms with E-state index in [4.69, 9.17) is 4.42 Å². The van der Waals surface area contributed by atoms with Crippen LogP contribution in [-0.2, 0) is 0 Å². The van der Waals surface area contributed by atoms with E-state index >= 15 is 0 Å². The number of furan rings is 1. The fourth-order valence-corrected chi connectivity index (χ4v) is 3.20. The van der Waals surface area contributed by atoms with E-state index in [0.29, 0.717) is 5.56 Å². The summed E-state index contributed by atoms with van der Waals surface area (Å²) in [6.45, 7) is 1.94. The van der Waals surface area contributed by atoms with E-state index in [0.717, 1.165) is 5.56 Å². The Balaban J connectivity index is 1.87. The highest BCUT2D eigenvalue weighted by Gasteiger charge is 2.26. The summed E-state index contributed by atoms with van der Waals surface area (Å²) in [5.74, 6) is -1.20. The topological polar surface area (TPSA) is 87.7 Å². The average molecular weight is 398 g/mol. The number of carbonyl (C=O) groups excluding carboxylic acids is 2. The van der Waals surface area contributed by atoms with Crippen LogP contribution in [0.4, 0.5) is 0 Å². The molecule has 1 aromatic heterocycles. The lowest BCUT2D eigenvalue weighted by Crippen LogP contribution is -2.02. The first-order valence-corrected chi connectivity index (χ1v) is 9.32. The van der Waals surface area contributed by atoms with Crippen molar-refractivity contribution >= 4 is 11.6 Å². The Hall–Kier alpha value is -4.12. The predicted octanol–water partition coefficient (Wildman–Crippen LogP) is 5.13. The molecule has 4 aromatic rings. The molecule has 0 aliphatic carbocycles. The number of hydrogen-bond acceptors (Lipinski definition) is 5. The number of para-hydroxylation sites is 2. The summed E-state index contributed by atoms with van der Waals surface area (Å²) in [6.07, 6.45) is 0. The number of aromatic hydroxyl groups is 2. The monoisotopic (exact) mass is 398 g/mol. The van der Waals surface area contributed by atoms with Crippen LogP contribution in [-0.4, -0.2) is 21.8 Å². The number of carbonyl (C=O) groups is 2. The quantitative estimate of drug-likeness (QED) is 0.455. The first kappa shape index (κ1) is 19.2. The highest BCUT2D eigenvalue weighted by atomic mass is 16.3. The maximum atomic E-state index is 13.2. The zero-order chi connectivity index (χ0) is 21.3. The van der Waals surface area contributed by atoms with E-state index in [1.165, 1.54) is 30.3 Å². The van der Waals surface area contributed by atoms with Crippen molar-refractivity contribution in [1.82, 2.24) is 0 Å². The number of phenolic OH excluding ortho intramolecular Hbond substituents is 2. The van der Waals surface area contributed by atoms with Crippen molar-refractivity contribution in [3.05, 3.63) is 107 Å². The van der Waals surface area contributed by atoms with Gasteiger partial charge >= 0.3 is 0 Å². The van der Waals surface area contributed by atoms with Crippen LogP contribution in [0.1, 0.15) is 37.6 Å². The summed E-state index contributed by atoms with van der Waals surface area (Å²) in [4.78, 5) is 26.1. The fourth-order valence-electron chi connectivity index (χ4n) is 3.20. The molecule has 0 atom stereocenters. The zero-order valence-electron chi connectivity index (χ0n) is 16.1. The molecule has 0 radical (unpaired) electrons. The third-order valence-electron chi connectivity index (χ3n) is 4.81. The van der Waals surface area contributed by atoms with Crippen LogP contribution < -0.4 is 0 Å². The van der Waals surface area contributed by atoms with Gasteiger partial charge in [0.25, 0.3) is 0 Å². The molecular weight excluding hydrogens is 380 g/mol. The minimum absolute atomic E-state index is 0.0725. The SMILES string of the molecule is Cc1ccc(-c2oc(C(=O)c3ccccc3O)cc2C(=O)c2ccccc2O)cc1. The molecule has 30 heavy (non-hydrogen) atoms. The molecule has 2 N–H and O–H groups in total. The van der Waals surface area contributed by atoms with Gasteiger partial charge in [0, 0.05) is 5.56 Å². The van der Waals surface area contributed by atoms with Crippen molar-refractivity contribution in [3.63, 3.8) is 0 Å². The van der Waals surface area contributed by atoms with Crippen LogP contribution in [0.15, 0.2) is 83.3 Å². The second-order valence-electron chi connectivity index (χ2n) is 6.91. The van der Waals surface area contributed by atoms with Gasteiger partial charge < -0.3 is 14.6 Å². The van der Waals surface area contributed by atoms with Crippen LogP contribution in [0.5, 0.6) is 11.5 Å². The van der Waals surface area contributed by atoms with Gasteiger partial charge in [0.1, 0.15) is 17.3 Å². The van der Waals surface area contributed by atoms with Gasteiger partial charge in [-0.05, 0) is 37.3 Å². The number of hydrogen-bond donors (Lipinski definition) is 2. The maximum absolute atomic E-state index is 13.2. The molecule has 148 valence electrons. The van der Waals surface area contributed by atoms with Gasteiger partial charge in [-0.25, -0.2) is 0 Å². The van der Waals surface area contributed by atoms with Gasteiger partial charge in [-0.2, -0.15) is 0 Å². The van der Waals surface area contributed by atoms with E-state index in [9.17, 15) is 19.8 Å². The largest absolute Gasteiger partial charge is 0.507 e. The lowest BCUT2D eigenvalue weighted by atomic mass is 9.98. The summed E-state index contributed by atoms with van der Waals surface area (Å²) >= 11 is 0. The van der Waals surface area contributed by atoms with Gasteiger partial charge in [0.15, 0.2) is 5.76 Å². The van der Waals surface area contributed by atoms with Crippen molar-refractivity contribution in [2.75, 3.05) is 0 Å². The Morgan fingerprint density at radius 1 is 0.700 bits per heavy atom. The van der Waals surface area contributed by atoms with E-state index in [2.05, 4.69) is 0 Å². The van der Waals surface area contributed by atoms with Crippen LogP contribution in [0, 0.1) is 6.92 Å². The lowest BCUT2D eigenvalue weighted by Gasteiger charge is -2.05. The molecule has 0 aliphatic heterocycles. The smallest absolute Gasteiger partial charge is 0.231 e. The van der Waals surface area contributed by atoms with Gasteiger partial charge in [-0.15, -0.1) is 0 Å². The molecule has 3 aromatic carbocycles. The van der Waals surface area contributed by atoms with Crippen LogP contribution >= 0.6 is 0 Å². The molecule has 0 bridgehead atoms. The van der Waals surface area contributed by atoms with Crippen LogP contribution in [0.3, 0.4) is 0 Å². The number of aryl methyl sites for hydroxylation is 1. The van der Waals surface area contributed by atoms with Gasteiger partial charge in [0.05, 0.1) is 16.7 Å².